The fourth-order valence-corrected chi connectivity index (χ4v) is 3.84. The third kappa shape index (κ3) is 3.54. The molecule has 0 fully saturated rings. The normalized spacial score (nSPS) is 16.9. The van der Waals surface area contributed by atoms with E-state index in [-0.39, 0.29) is 28.9 Å². The second-order valence-electron chi connectivity index (χ2n) is 7.18. The molecule has 1 aromatic heterocycles. The molecule has 2 amide bonds. The first-order valence-corrected chi connectivity index (χ1v) is 9.34. The number of nitrogens with two attached hydrogens (primary N) is 1. The number of aromatic nitrogens is 1. The van der Waals surface area contributed by atoms with Crippen LogP contribution in [-0.2, 0) is 9.59 Å². The Labute approximate surface area is 174 Å². The van der Waals surface area contributed by atoms with E-state index in [1.807, 2.05) is 0 Å². The molecule has 2 aromatic carbocycles. The van der Waals surface area contributed by atoms with Crippen molar-refractivity contribution in [3.05, 3.63) is 77.4 Å². The number of fused-ring (bicyclic) bond motifs is 3. The summed E-state index contributed by atoms with van der Waals surface area (Å²) in [6.45, 7) is -0.341. The zero-order valence-electron chi connectivity index (χ0n) is 16.0. The van der Waals surface area contributed by atoms with Gasteiger partial charge in [0.05, 0.1) is 11.3 Å². The van der Waals surface area contributed by atoms with Crippen LogP contribution in [0.3, 0.4) is 0 Å². The Kier molecular flexibility index (Phi) is 5.02. The van der Waals surface area contributed by atoms with Crippen LogP contribution in [0.15, 0.2) is 54.7 Å². The van der Waals surface area contributed by atoms with Gasteiger partial charge in [-0.2, -0.15) is 0 Å². The minimum Gasteiger partial charge on any atom is -0.478 e. The number of aliphatic carboxylic acids is 1. The predicted molar refractivity (Wildman–Crippen MR) is 108 cm³/mol. The van der Waals surface area contributed by atoms with Gasteiger partial charge < -0.3 is 20.7 Å². The van der Waals surface area contributed by atoms with Crippen molar-refractivity contribution in [1.82, 2.24) is 9.88 Å². The summed E-state index contributed by atoms with van der Waals surface area (Å²) in [4.78, 5) is 40.8. The number of para-hydroxylation sites is 1. The van der Waals surface area contributed by atoms with Crippen LogP contribution in [0.1, 0.15) is 27.5 Å². The summed E-state index contributed by atoms with van der Waals surface area (Å²) >= 11 is 0. The first-order chi connectivity index (χ1) is 14.8. The first kappa shape index (κ1) is 20.3. The second-order valence-corrected chi connectivity index (χ2v) is 7.18. The smallest absolute Gasteiger partial charge is 0.339 e. The van der Waals surface area contributed by atoms with E-state index in [0.717, 1.165) is 23.2 Å². The highest BCUT2D eigenvalue weighted by molar-refractivity contribution is 6.17. The van der Waals surface area contributed by atoms with Gasteiger partial charge in [-0.25, -0.2) is 13.6 Å². The van der Waals surface area contributed by atoms with Gasteiger partial charge in [-0.05, 0) is 35.9 Å². The zero-order chi connectivity index (χ0) is 22.3. The minimum atomic E-state index is -2.18. The van der Waals surface area contributed by atoms with Crippen LogP contribution in [-0.4, -0.2) is 45.5 Å². The van der Waals surface area contributed by atoms with Crippen LogP contribution in [0, 0.1) is 5.82 Å². The van der Waals surface area contributed by atoms with Gasteiger partial charge in [0.1, 0.15) is 5.82 Å². The molecule has 2 unspecified atom stereocenters. The van der Waals surface area contributed by atoms with Crippen molar-refractivity contribution in [2.24, 2.45) is 5.73 Å². The number of aromatic amines is 1. The molecule has 7 nitrogen and oxygen atoms in total. The van der Waals surface area contributed by atoms with Crippen molar-refractivity contribution in [2.75, 3.05) is 6.54 Å². The van der Waals surface area contributed by atoms with Crippen LogP contribution in [0.2, 0.25) is 0 Å². The molecule has 0 bridgehead atoms. The quantitative estimate of drug-likeness (QED) is 0.596. The molecule has 2 atom stereocenters. The maximum atomic E-state index is 15.0. The number of hydrogen-bond acceptors (Lipinski definition) is 3. The number of carboxylic acids is 1. The lowest BCUT2D eigenvalue weighted by molar-refractivity contribution is -0.130. The number of hydrogen-bond donors (Lipinski definition) is 3. The summed E-state index contributed by atoms with van der Waals surface area (Å²) in [7, 11) is 0. The fourth-order valence-electron chi connectivity index (χ4n) is 3.84. The minimum absolute atomic E-state index is 0.0750. The highest BCUT2D eigenvalue weighted by atomic mass is 19.1. The lowest BCUT2D eigenvalue weighted by Gasteiger charge is -2.25. The third-order valence-corrected chi connectivity index (χ3v) is 5.27. The van der Waals surface area contributed by atoms with Gasteiger partial charge in [-0.3, -0.25) is 9.59 Å². The molecule has 0 aliphatic carbocycles. The molecular formula is C22H17F2N3O4. The number of H-pyrrole nitrogens is 1. The van der Waals surface area contributed by atoms with E-state index in [1.54, 1.807) is 24.3 Å². The zero-order valence-corrected chi connectivity index (χ0v) is 16.0. The monoisotopic (exact) mass is 425 g/mol. The lowest BCUT2D eigenvalue weighted by atomic mass is 9.90. The average molecular weight is 425 g/mol. The molecule has 9 heteroatoms. The number of carboxylic acid groups (broad SMARTS) is 1. The predicted octanol–water partition coefficient (Wildman–Crippen LogP) is 2.80. The Morgan fingerprint density at radius 2 is 1.81 bits per heavy atom. The van der Waals surface area contributed by atoms with Crippen molar-refractivity contribution in [3.8, 4) is 0 Å². The van der Waals surface area contributed by atoms with Crippen molar-refractivity contribution < 1.29 is 28.3 Å². The van der Waals surface area contributed by atoms with Crippen LogP contribution >= 0.6 is 0 Å². The number of carbonyl (C=O) groups is 3. The molecule has 31 heavy (non-hydrogen) atoms. The first-order valence-electron chi connectivity index (χ1n) is 9.34. The van der Waals surface area contributed by atoms with E-state index in [4.69, 9.17) is 5.73 Å². The molecular weight excluding hydrogens is 408 g/mol. The highest BCUT2D eigenvalue weighted by Crippen LogP contribution is 2.39. The Morgan fingerprint density at radius 3 is 2.45 bits per heavy atom. The van der Waals surface area contributed by atoms with Crippen molar-refractivity contribution in [2.45, 2.75) is 12.1 Å². The number of benzene rings is 2. The van der Waals surface area contributed by atoms with Gasteiger partial charge in [0.15, 0.2) is 6.17 Å². The molecule has 2 heterocycles. The molecule has 0 saturated heterocycles. The van der Waals surface area contributed by atoms with Crippen LogP contribution in [0.4, 0.5) is 8.78 Å². The maximum absolute atomic E-state index is 15.0. The van der Waals surface area contributed by atoms with E-state index < -0.39 is 35.7 Å². The highest BCUT2D eigenvalue weighted by Gasteiger charge is 2.38. The van der Waals surface area contributed by atoms with Crippen LogP contribution in [0.25, 0.3) is 16.5 Å². The standard InChI is InChI=1S/C22H17F2N3O4/c23-12-7-5-11(6-8-12)21(29)27-9-14(18(24)20(25)28)17-13-3-1-2-4-16(13)26-19(17)15(10-27)22(30)31/h1-8,10,14,18,26H,9H2,(H2,25,28)(H,30,31). The molecule has 158 valence electrons. The Morgan fingerprint density at radius 1 is 1.13 bits per heavy atom. The molecule has 1 aliphatic rings. The van der Waals surface area contributed by atoms with Gasteiger partial charge in [-0.15, -0.1) is 0 Å². The number of carbonyl (C=O) groups excluding carboxylic acids is 2. The van der Waals surface area contributed by atoms with Gasteiger partial charge in [0.2, 0.25) is 0 Å². The number of primary amides is 1. The number of nitrogens with one attached hydrogen (secondary N) is 1. The number of alkyl halides is 1. The summed E-state index contributed by atoms with van der Waals surface area (Å²) < 4.78 is 28.3. The van der Waals surface area contributed by atoms with E-state index in [1.165, 1.54) is 12.1 Å². The Balaban J connectivity index is 1.91. The van der Waals surface area contributed by atoms with E-state index >= 15 is 4.39 Å². The molecule has 4 N–H and O–H groups in total. The number of rotatable bonds is 4. The van der Waals surface area contributed by atoms with Crippen molar-refractivity contribution in [1.29, 1.82) is 0 Å². The molecule has 1 aliphatic heterocycles. The Bertz CT molecular complexity index is 1230. The van der Waals surface area contributed by atoms with Gasteiger partial charge in [-0.1, -0.05) is 18.2 Å². The molecule has 3 aromatic rings. The lowest BCUT2D eigenvalue weighted by Crippen LogP contribution is -2.38. The maximum Gasteiger partial charge on any atom is 0.339 e. The van der Waals surface area contributed by atoms with Gasteiger partial charge in [0.25, 0.3) is 11.8 Å². The average Bonchev–Trinajstić information content (AvgIpc) is 3.03. The van der Waals surface area contributed by atoms with Crippen molar-refractivity contribution >= 4 is 34.3 Å². The second kappa shape index (κ2) is 7.67. The fraction of sp³-hybridized carbons (Fsp3) is 0.136. The number of amides is 2. The molecule has 0 saturated carbocycles. The third-order valence-electron chi connectivity index (χ3n) is 5.27. The van der Waals surface area contributed by atoms with E-state index in [9.17, 15) is 23.9 Å². The summed E-state index contributed by atoms with van der Waals surface area (Å²) in [6, 6.07) is 11.4. The summed E-state index contributed by atoms with van der Waals surface area (Å²) in [5, 5.41) is 10.3. The summed E-state index contributed by atoms with van der Waals surface area (Å²) in [5.74, 6) is -5.02. The topological polar surface area (TPSA) is 116 Å². The van der Waals surface area contributed by atoms with Gasteiger partial charge in [0, 0.05) is 35.1 Å². The largest absolute Gasteiger partial charge is 0.478 e. The number of nitrogens with zero attached hydrogens (tertiary/aromatic N) is 1. The Hall–Kier alpha value is -4.01. The summed E-state index contributed by atoms with van der Waals surface area (Å²) in [6.07, 6.45) is -1.08. The SMILES string of the molecule is NC(=O)C(F)C1CN(C(=O)c2ccc(F)cc2)C=C(C(=O)O)c2[nH]c3ccccc3c21. The molecule has 0 spiro atoms. The van der Waals surface area contributed by atoms with Crippen LogP contribution in [0.5, 0.6) is 0 Å². The van der Waals surface area contributed by atoms with E-state index in [2.05, 4.69) is 4.98 Å². The van der Waals surface area contributed by atoms with Gasteiger partial charge >= 0.3 is 5.97 Å². The summed E-state index contributed by atoms with van der Waals surface area (Å²) in [5.41, 5.74) is 5.93. The molecule has 0 radical (unpaired) electrons. The number of halogens is 2. The molecule has 4 rings (SSSR count). The van der Waals surface area contributed by atoms with E-state index in [0.29, 0.717) is 10.9 Å². The van der Waals surface area contributed by atoms with Crippen molar-refractivity contribution in [3.63, 3.8) is 0 Å². The van der Waals surface area contributed by atoms with Crippen LogP contribution < -0.4 is 5.73 Å².